The van der Waals surface area contributed by atoms with Crippen molar-refractivity contribution in [3.05, 3.63) is 40.3 Å². The number of hydrogen-bond donors (Lipinski definition) is 0. The lowest BCUT2D eigenvalue weighted by molar-refractivity contribution is -0.201. The van der Waals surface area contributed by atoms with Crippen molar-refractivity contribution >= 4 is 29.7 Å². The summed E-state index contributed by atoms with van der Waals surface area (Å²) in [7, 11) is 0. The molecular weight excluding hydrogens is 414 g/mol. The molecule has 0 radical (unpaired) electrons. The number of aryl methyl sites for hydroxylation is 1. The molecule has 10 nitrogen and oxygen atoms in total. The van der Waals surface area contributed by atoms with E-state index in [-0.39, 0.29) is 6.61 Å². The Bertz CT molecular complexity index is 843. The van der Waals surface area contributed by atoms with Gasteiger partial charge in [-0.15, -0.1) is 0 Å². The van der Waals surface area contributed by atoms with Crippen molar-refractivity contribution in [3.63, 3.8) is 0 Å². The van der Waals surface area contributed by atoms with E-state index in [4.69, 9.17) is 24.5 Å². The number of rotatable bonds is 7. The van der Waals surface area contributed by atoms with Crippen LogP contribution in [0, 0.1) is 6.92 Å². The Kier molecular flexibility index (Phi) is 8.52. The molecular formula is C19H23N3O7S. The number of esters is 3. The highest BCUT2D eigenvalue weighted by Crippen LogP contribution is 2.37. The molecule has 0 amide bonds. The van der Waals surface area contributed by atoms with Crippen LogP contribution in [0.2, 0.25) is 0 Å². The fourth-order valence-electron chi connectivity index (χ4n) is 2.99. The molecule has 2 rings (SSSR count). The first-order valence-electron chi connectivity index (χ1n) is 9.12. The third-order valence-electron chi connectivity index (χ3n) is 4.10. The molecule has 1 aromatic carbocycles. The van der Waals surface area contributed by atoms with E-state index >= 15 is 0 Å². The number of benzene rings is 1. The normalized spacial score (nSPS) is 25.5. The number of carbonyl (C=O) groups excluding carboxylic acids is 3. The van der Waals surface area contributed by atoms with Crippen LogP contribution in [0.25, 0.3) is 10.4 Å². The molecule has 1 aliphatic heterocycles. The molecule has 0 N–H and O–H groups in total. The van der Waals surface area contributed by atoms with Crippen molar-refractivity contribution in [2.24, 2.45) is 5.11 Å². The quantitative estimate of drug-likeness (QED) is 0.209. The molecule has 5 atom stereocenters. The van der Waals surface area contributed by atoms with Crippen LogP contribution in [0.5, 0.6) is 0 Å². The number of azide groups is 1. The number of carbonyl (C=O) groups is 3. The van der Waals surface area contributed by atoms with E-state index in [1.165, 1.54) is 32.5 Å². The van der Waals surface area contributed by atoms with Gasteiger partial charge in [0.25, 0.3) is 0 Å². The van der Waals surface area contributed by atoms with Crippen molar-refractivity contribution in [1.82, 2.24) is 0 Å². The van der Waals surface area contributed by atoms with E-state index in [0.717, 1.165) is 10.5 Å². The molecule has 0 aliphatic carbocycles. The van der Waals surface area contributed by atoms with Crippen LogP contribution in [0.1, 0.15) is 26.3 Å². The zero-order chi connectivity index (χ0) is 22.3. The van der Waals surface area contributed by atoms with Crippen molar-refractivity contribution in [3.8, 4) is 0 Å². The van der Waals surface area contributed by atoms with Gasteiger partial charge in [-0.1, -0.05) is 34.6 Å². The largest absolute Gasteiger partial charge is 0.463 e. The van der Waals surface area contributed by atoms with E-state index in [2.05, 4.69) is 10.0 Å². The van der Waals surface area contributed by atoms with Crippen LogP contribution >= 0.6 is 11.8 Å². The smallest absolute Gasteiger partial charge is 0.303 e. The second-order valence-electron chi connectivity index (χ2n) is 6.62. The van der Waals surface area contributed by atoms with E-state index in [1.54, 1.807) is 0 Å². The SMILES string of the molecule is CC(=O)OC[C@H]1O[C@H](Sc2cccc(C)c2)[C@H](OC(C)=O)[C@@H](N=[N+]=[N-])[C@H]1OC(C)=O. The van der Waals surface area contributed by atoms with Crippen LogP contribution < -0.4 is 0 Å². The maximum absolute atomic E-state index is 11.7. The Morgan fingerprint density at radius 3 is 2.37 bits per heavy atom. The molecule has 1 aromatic rings. The first-order valence-corrected chi connectivity index (χ1v) is 10.00. The number of nitrogens with zero attached hydrogens (tertiary/aromatic N) is 3. The van der Waals surface area contributed by atoms with Gasteiger partial charge in [0, 0.05) is 30.6 Å². The summed E-state index contributed by atoms with van der Waals surface area (Å²) in [6.45, 7) is 5.33. The van der Waals surface area contributed by atoms with Crippen LogP contribution in [-0.4, -0.2) is 54.3 Å². The number of ether oxygens (including phenoxy) is 4. The second kappa shape index (κ2) is 10.9. The van der Waals surface area contributed by atoms with Crippen LogP contribution in [0.3, 0.4) is 0 Å². The zero-order valence-electron chi connectivity index (χ0n) is 17.0. The molecule has 1 heterocycles. The van der Waals surface area contributed by atoms with Gasteiger partial charge < -0.3 is 18.9 Å². The summed E-state index contributed by atoms with van der Waals surface area (Å²) in [5.41, 5.74) is 9.29. The van der Waals surface area contributed by atoms with Crippen molar-refractivity contribution in [2.45, 2.75) is 62.4 Å². The summed E-state index contributed by atoms with van der Waals surface area (Å²) < 4.78 is 21.8. The average Bonchev–Trinajstić information content (AvgIpc) is 2.64. The van der Waals surface area contributed by atoms with E-state index < -0.39 is 47.7 Å². The molecule has 0 unspecified atom stereocenters. The third-order valence-corrected chi connectivity index (χ3v) is 5.24. The summed E-state index contributed by atoms with van der Waals surface area (Å²) in [6.07, 6.45) is -3.08. The van der Waals surface area contributed by atoms with Gasteiger partial charge in [0.1, 0.15) is 36.4 Å². The highest BCUT2D eigenvalue weighted by atomic mass is 32.2. The van der Waals surface area contributed by atoms with Crippen LogP contribution in [0.4, 0.5) is 0 Å². The fourth-order valence-corrected chi connectivity index (χ4v) is 4.22. The van der Waals surface area contributed by atoms with Gasteiger partial charge in [0.2, 0.25) is 0 Å². The topological polar surface area (TPSA) is 137 Å². The predicted octanol–water partition coefficient (Wildman–Crippen LogP) is 2.92. The molecule has 0 spiro atoms. The minimum absolute atomic E-state index is 0.234. The summed E-state index contributed by atoms with van der Waals surface area (Å²) in [4.78, 5) is 38.3. The molecule has 1 saturated heterocycles. The number of thioether (sulfide) groups is 1. The molecule has 1 aliphatic rings. The molecule has 0 bridgehead atoms. The molecule has 11 heteroatoms. The zero-order valence-corrected chi connectivity index (χ0v) is 17.8. The second-order valence-corrected chi connectivity index (χ2v) is 7.80. The van der Waals surface area contributed by atoms with Gasteiger partial charge >= 0.3 is 17.9 Å². The summed E-state index contributed by atoms with van der Waals surface area (Å²) in [5, 5.41) is 3.73. The summed E-state index contributed by atoms with van der Waals surface area (Å²) in [6, 6.07) is 6.48. The van der Waals surface area contributed by atoms with Crippen LogP contribution in [0.15, 0.2) is 34.3 Å². The van der Waals surface area contributed by atoms with E-state index in [0.29, 0.717) is 0 Å². The minimum Gasteiger partial charge on any atom is -0.463 e. The fraction of sp³-hybridized carbons (Fsp3) is 0.526. The highest BCUT2D eigenvalue weighted by molar-refractivity contribution is 7.99. The lowest BCUT2D eigenvalue weighted by Gasteiger charge is -2.43. The Labute approximate surface area is 177 Å². The van der Waals surface area contributed by atoms with Crippen molar-refractivity contribution in [2.75, 3.05) is 6.61 Å². The monoisotopic (exact) mass is 437 g/mol. The predicted molar refractivity (Wildman–Crippen MR) is 106 cm³/mol. The van der Waals surface area contributed by atoms with Gasteiger partial charge in [0.15, 0.2) is 0 Å². The first-order chi connectivity index (χ1) is 14.2. The standard InChI is InChI=1S/C19H23N3O7S/c1-10-6-5-7-14(8-10)30-19-18(28-13(4)25)16(21-22-20)17(27-12(3)24)15(29-19)9-26-11(2)23/h5-8,15-19H,9H2,1-4H3/t15-,16+,17+,18-,19-/m1/s1. The summed E-state index contributed by atoms with van der Waals surface area (Å²) in [5.74, 6) is -1.82. The van der Waals surface area contributed by atoms with Crippen molar-refractivity contribution < 1.29 is 33.3 Å². The summed E-state index contributed by atoms with van der Waals surface area (Å²) >= 11 is 1.25. The molecule has 0 saturated carbocycles. The maximum Gasteiger partial charge on any atom is 0.303 e. The van der Waals surface area contributed by atoms with E-state index in [1.807, 2.05) is 31.2 Å². The molecule has 0 aromatic heterocycles. The third kappa shape index (κ3) is 6.65. The Morgan fingerprint density at radius 2 is 1.80 bits per heavy atom. The molecule has 30 heavy (non-hydrogen) atoms. The number of hydrogen-bond acceptors (Lipinski definition) is 9. The molecule has 162 valence electrons. The van der Waals surface area contributed by atoms with Gasteiger partial charge in [-0.05, 0) is 24.6 Å². The van der Waals surface area contributed by atoms with Crippen molar-refractivity contribution in [1.29, 1.82) is 0 Å². The average molecular weight is 437 g/mol. The van der Waals surface area contributed by atoms with E-state index in [9.17, 15) is 14.4 Å². The van der Waals surface area contributed by atoms with Crippen LogP contribution in [-0.2, 0) is 33.3 Å². The Hall–Kier alpha value is -2.75. The van der Waals surface area contributed by atoms with Gasteiger partial charge in [-0.3, -0.25) is 14.4 Å². The van der Waals surface area contributed by atoms with Gasteiger partial charge in [0.05, 0.1) is 0 Å². The molecule has 1 fully saturated rings. The first kappa shape index (κ1) is 23.5. The lowest BCUT2D eigenvalue weighted by Crippen LogP contribution is -2.59. The lowest BCUT2D eigenvalue weighted by atomic mass is 9.97. The Morgan fingerprint density at radius 1 is 1.13 bits per heavy atom. The minimum atomic E-state index is -1.11. The van der Waals surface area contributed by atoms with Gasteiger partial charge in [-0.25, -0.2) is 0 Å². The maximum atomic E-state index is 11.7. The highest BCUT2D eigenvalue weighted by Gasteiger charge is 2.50. The van der Waals surface area contributed by atoms with Gasteiger partial charge in [-0.2, -0.15) is 0 Å². The Balaban J connectivity index is 2.43.